The second-order valence-electron chi connectivity index (χ2n) is 4.37. The average molecular weight is 251 g/mol. The van der Waals surface area contributed by atoms with Crippen LogP contribution >= 0.6 is 11.8 Å². The summed E-state index contributed by atoms with van der Waals surface area (Å²) < 4.78 is 1.95. The zero-order chi connectivity index (χ0) is 12.8. The third-order valence-electron chi connectivity index (χ3n) is 3.15. The molecule has 0 fully saturated rings. The molecule has 0 spiro atoms. The molecule has 1 unspecified atom stereocenters. The smallest absolute Gasteiger partial charge is 0.120 e. The zero-order valence-electron chi connectivity index (χ0n) is 11.1. The number of hydrogen-bond donors (Lipinski definition) is 1. The topological polar surface area (TPSA) is 40.8 Å². The number of nitriles is 1. The molecule has 0 aliphatic heterocycles. The lowest BCUT2D eigenvalue weighted by Crippen LogP contribution is -2.26. The molecule has 1 aromatic rings. The van der Waals surface area contributed by atoms with Crippen LogP contribution in [0, 0.1) is 18.3 Å². The highest BCUT2D eigenvalue weighted by Gasteiger charge is 2.09. The summed E-state index contributed by atoms with van der Waals surface area (Å²) in [6.45, 7) is 5.11. The van der Waals surface area contributed by atoms with Gasteiger partial charge >= 0.3 is 0 Å². The Balaban J connectivity index is 2.55. The molecular weight excluding hydrogens is 230 g/mol. The fourth-order valence-electron chi connectivity index (χ4n) is 1.73. The Morgan fingerprint density at radius 2 is 2.29 bits per heavy atom. The first-order chi connectivity index (χ1) is 8.10. The van der Waals surface area contributed by atoms with Crippen molar-refractivity contribution in [3.8, 4) is 6.07 Å². The van der Waals surface area contributed by atoms with Crippen LogP contribution in [0.4, 0.5) is 0 Å². The Morgan fingerprint density at radius 1 is 1.59 bits per heavy atom. The van der Waals surface area contributed by atoms with Crippen LogP contribution in [0.25, 0.3) is 0 Å². The molecule has 0 saturated carbocycles. The maximum atomic E-state index is 8.96. The van der Waals surface area contributed by atoms with Gasteiger partial charge in [0.25, 0.3) is 0 Å². The molecule has 0 aliphatic rings. The molecule has 94 valence electrons. The molecule has 1 atom stereocenters. The van der Waals surface area contributed by atoms with E-state index < -0.39 is 0 Å². The van der Waals surface area contributed by atoms with Crippen molar-refractivity contribution in [2.75, 3.05) is 12.0 Å². The Hall–Kier alpha value is -0.920. The molecule has 4 heteroatoms. The van der Waals surface area contributed by atoms with Crippen LogP contribution < -0.4 is 5.32 Å². The minimum atomic E-state index is 0.521. The lowest BCUT2D eigenvalue weighted by atomic mass is 10.2. The summed E-state index contributed by atoms with van der Waals surface area (Å²) in [7, 11) is 1.94. The second kappa shape index (κ2) is 6.73. The van der Waals surface area contributed by atoms with E-state index in [1.165, 1.54) is 23.4 Å². The minimum Gasteiger partial charge on any atom is -0.340 e. The van der Waals surface area contributed by atoms with Crippen molar-refractivity contribution in [3.63, 3.8) is 0 Å². The van der Waals surface area contributed by atoms with Crippen molar-refractivity contribution in [1.29, 1.82) is 5.26 Å². The number of rotatable bonds is 6. The molecule has 1 aromatic heterocycles. The maximum Gasteiger partial charge on any atom is 0.120 e. The first-order valence-corrected chi connectivity index (χ1v) is 7.27. The van der Waals surface area contributed by atoms with Gasteiger partial charge < -0.3 is 9.88 Å². The molecule has 0 aliphatic carbocycles. The van der Waals surface area contributed by atoms with Gasteiger partial charge in [-0.15, -0.1) is 0 Å². The fraction of sp³-hybridized carbons (Fsp3) is 0.615. The number of thioether (sulfide) groups is 1. The standard InChI is InChI=1S/C13H21N3S/c1-10(5-6-17-4)15-9-12-7-13(8-14)16(3)11(12)2/h7,10,15H,5-6,9H2,1-4H3. The third kappa shape index (κ3) is 3.79. The normalized spacial score (nSPS) is 12.4. The van der Waals surface area contributed by atoms with Gasteiger partial charge in [-0.3, -0.25) is 0 Å². The van der Waals surface area contributed by atoms with Crippen LogP contribution in [-0.2, 0) is 13.6 Å². The predicted octanol–water partition coefficient (Wildman–Crippen LogP) is 2.44. The first-order valence-electron chi connectivity index (χ1n) is 5.87. The van der Waals surface area contributed by atoms with Crippen LogP contribution in [-0.4, -0.2) is 22.6 Å². The average Bonchev–Trinajstić information content (AvgIpc) is 2.61. The van der Waals surface area contributed by atoms with Crippen molar-refractivity contribution >= 4 is 11.8 Å². The minimum absolute atomic E-state index is 0.521. The van der Waals surface area contributed by atoms with E-state index >= 15 is 0 Å². The van der Waals surface area contributed by atoms with E-state index in [0.29, 0.717) is 6.04 Å². The highest BCUT2D eigenvalue weighted by Crippen LogP contribution is 2.13. The summed E-state index contributed by atoms with van der Waals surface area (Å²) in [6, 6.07) is 4.71. The maximum absolute atomic E-state index is 8.96. The van der Waals surface area contributed by atoms with Gasteiger partial charge in [0, 0.05) is 25.3 Å². The lowest BCUT2D eigenvalue weighted by Gasteiger charge is -2.13. The molecule has 0 radical (unpaired) electrons. The van der Waals surface area contributed by atoms with E-state index in [9.17, 15) is 0 Å². The third-order valence-corrected chi connectivity index (χ3v) is 3.79. The molecule has 0 aromatic carbocycles. The fourth-order valence-corrected chi connectivity index (χ4v) is 2.32. The van der Waals surface area contributed by atoms with Crippen molar-refractivity contribution in [3.05, 3.63) is 23.0 Å². The quantitative estimate of drug-likeness (QED) is 0.844. The largest absolute Gasteiger partial charge is 0.340 e. The molecule has 0 amide bonds. The van der Waals surface area contributed by atoms with E-state index in [0.717, 1.165) is 12.2 Å². The van der Waals surface area contributed by atoms with E-state index in [1.54, 1.807) is 0 Å². The van der Waals surface area contributed by atoms with Crippen molar-refractivity contribution in [1.82, 2.24) is 9.88 Å². The van der Waals surface area contributed by atoms with E-state index in [4.69, 9.17) is 5.26 Å². The molecular formula is C13H21N3S. The Kier molecular flexibility index (Phi) is 5.60. The van der Waals surface area contributed by atoms with Gasteiger partial charge in [-0.25, -0.2) is 0 Å². The monoisotopic (exact) mass is 251 g/mol. The van der Waals surface area contributed by atoms with Gasteiger partial charge in [0.2, 0.25) is 0 Å². The Labute approximate surface area is 108 Å². The molecule has 1 rings (SSSR count). The molecule has 0 saturated heterocycles. The first kappa shape index (κ1) is 14.1. The van der Waals surface area contributed by atoms with Crippen LogP contribution in [0.15, 0.2) is 6.07 Å². The number of nitrogens with one attached hydrogen (secondary N) is 1. The highest BCUT2D eigenvalue weighted by molar-refractivity contribution is 7.98. The van der Waals surface area contributed by atoms with E-state index in [-0.39, 0.29) is 0 Å². The molecule has 1 N–H and O–H groups in total. The van der Waals surface area contributed by atoms with Crippen LogP contribution in [0.2, 0.25) is 0 Å². The van der Waals surface area contributed by atoms with E-state index in [1.807, 2.05) is 29.4 Å². The Morgan fingerprint density at radius 3 is 2.82 bits per heavy atom. The summed E-state index contributed by atoms with van der Waals surface area (Å²) in [5.41, 5.74) is 3.13. The van der Waals surface area contributed by atoms with Gasteiger partial charge in [0.1, 0.15) is 11.8 Å². The SMILES string of the molecule is CSCCC(C)NCc1cc(C#N)n(C)c1C. The van der Waals surface area contributed by atoms with Crippen LogP contribution in [0.1, 0.15) is 30.3 Å². The number of aromatic nitrogens is 1. The summed E-state index contributed by atoms with van der Waals surface area (Å²) in [6.07, 6.45) is 3.31. The van der Waals surface area contributed by atoms with Crippen LogP contribution in [0.3, 0.4) is 0 Å². The van der Waals surface area contributed by atoms with Crippen LogP contribution in [0.5, 0.6) is 0 Å². The summed E-state index contributed by atoms with van der Waals surface area (Å²) in [4.78, 5) is 0. The van der Waals surface area contributed by atoms with Crippen molar-refractivity contribution in [2.45, 2.75) is 32.9 Å². The summed E-state index contributed by atoms with van der Waals surface area (Å²) in [5.74, 6) is 1.19. The summed E-state index contributed by atoms with van der Waals surface area (Å²) in [5, 5.41) is 12.5. The van der Waals surface area contributed by atoms with Gasteiger partial charge in [-0.1, -0.05) is 0 Å². The lowest BCUT2D eigenvalue weighted by molar-refractivity contribution is 0.536. The second-order valence-corrected chi connectivity index (χ2v) is 5.36. The van der Waals surface area contributed by atoms with Crippen molar-refractivity contribution in [2.24, 2.45) is 7.05 Å². The number of hydrogen-bond acceptors (Lipinski definition) is 3. The van der Waals surface area contributed by atoms with Gasteiger partial charge in [0.05, 0.1) is 0 Å². The molecule has 1 heterocycles. The van der Waals surface area contributed by atoms with Gasteiger partial charge in [0.15, 0.2) is 0 Å². The van der Waals surface area contributed by atoms with E-state index in [2.05, 4.69) is 31.5 Å². The predicted molar refractivity (Wildman–Crippen MR) is 74.2 cm³/mol. The Bertz CT molecular complexity index is 404. The molecule has 17 heavy (non-hydrogen) atoms. The molecule has 0 bridgehead atoms. The molecule has 3 nitrogen and oxygen atoms in total. The van der Waals surface area contributed by atoms with Gasteiger partial charge in [-0.05, 0) is 43.9 Å². The zero-order valence-corrected chi connectivity index (χ0v) is 11.9. The van der Waals surface area contributed by atoms with Crippen molar-refractivity contribution < 1.29 is 0 Å². The number of nitrogens with zero attached hydrogens (tertiary/aromatic N) is 2. The summed E-state index contributed by atoms with van der Waals surface area (Å²) >= 11 is 1.88. The highest BCUT2D eigenvalue weighted by atomic mass is 32.2. The van der Waals surface area contributed by atoms with Gasteiger partial charge in [-0.2, -0.15) is 17.0 Å².